The molecule has 0 bridgehead atoms. The number of hydrogen-bond acceptors (Lipinski definition) is 7. The molecule has 0 atom stereocenters. The summed E-state index contributed by atoms with van der Waals surface area (Å²) in [6, 6.07) is 14.8. The van der Waals surface area contributed by atoms with Crippen molar-refractivity contribution in [2.75, 3.05) is 41.8 Å². The summed E-state index contributed by atoms with van der Waals surface area (Å²) in [5.41, 5.74) is 2.94. The Morgan fingerprint density at radius 2 is 1.72 bits per heavy atom. The summed E-state index contributed by atoms with van der Waals surface area (Å²) in [7, 11) is 0. The molecule has 0 unspecified atom stereocenters. The summed E-state index contributed by atoms with van der Waals surface area (Å²) >= 11 is 0. The zero-order valence-electron chi connectivity index (χ0n) is 17.9. The van der Waals surface area contributed by atoms with Crippen molar-refractivity contribution >= 4 is 29.0 Å². The quantitative estimate of drug-likeness (QED) is 0.627. The molecule has 0 spiro atoms. The Bertz CT molecular complexity index is 1130. The number of aryl methyl sites for hydroxylation is 1. The van der Waals surface area contributed by atoms with Gasteiger partial charge in [-0.2, -0.15) is 4.98 Å². The molecule has 164 valence electrons. The Morgan fingerprint density at radius 3 is 2.53 bits per heavy atom. The topological polar surface area (TPSA) is 88.6 Å². The molecule has 2 aliphatic heterocycles. The highest BCUT2D eigenvalue weighted by molar-refractivity contribution is 6.06. The highest BCUT2D eigenvalue weighted by atomic mass is 16.6. The van der Waals surface area contributed by atoms with Crippen molar-refractivity contribution in [3.63, 3.8) is 0 Å². The van der Waals surface area contributed by atoms with Crippen LogP contribution in [0.1, 0.15) is 28.9 Å². The third kappa shape index (κ3) is 4.30. The number of amides is 1. The molecule has 8 heteroatoms. The van der Waals surface area contributed by atoms with Crippen LogP contribution in [-0.2, 0) is 0 Å². The molecule has 3 aromatic rings. The van der Waals surface area contributed by atoms with Crippen LogP contribution in [0.5, 0.6) is 11.5 Å². The van der Waals surface area contributed by atoms with Gasteiger partial charge in [0.15, 0.2) is 11.5 Å². The van der Waals surface area contributed by atoms with Gasteiger partial charge in [0.2, 0.25) is 5.95 Å². The monoisotopic (exact) mass is 431 g/mol. The molecule has 1 saturated heterocycles. The van der Waals surface area contributed by atoms with Crippen LogP contribution >= 0.6 is 0 Å². The fourth-order valence-electron chi connectivity index (χ4n) is 3.91. The molecule has 1 amide bonds. The first-order valence-electron chi connectivity index (χ1n) is 10.8. The molecular formula is C24H25N5O3. The van der Waals surface area contributed by atoms with Crippen LogP contribution in [0, 0.1) is 6.92 Å². The molecule has 0 aliphatic carbocycles. The summed E-state index contributed by atoms with van der Waals surface area (Å²) in [6.45, 7) is 4.89. The number of benzene rings is 2. The van der Waals surface area contributed by atoms with Gasteiger partial charge in [0.25, 0.3) is 5.91 Å². The highest BCUT2D eigenvalue weighted by Gasteiger charge is 2.20. The Balaban J connectivity index is 1.27. The summed E-state index contributed by atoms with van der Waals surface area (Å²) in [4.78, 5) is 24.2. The van der Waals surface area contributed by atoms with Gasteiger partial charge in [-0.05, 0) is 56.2 Å². The largest absolute Gasteiger partial charge is 0.486 e. The lowest BCUT2D eigenvalue weighted by Gasteiger charge is -2.20. The minimum absolute atomic E-state index is 0.241. The van der Waals surface area contributed by atoms with E-state index >= 15 is 0 Å². The maximum Gasteiger partial charge on any atom is 0.259 e. The number of fused-ring (bicyclic) bond motifs is 1. The van der Waals surface area contributed by atoms with Crippen molar-refractivity contribution in [3.8, 4) is 11.5 Å². The van der Waals surface area contributed by atoms with Crippen molar-refractivity contribution in [2.45, 2.75) is 19.8 Å². The number of aromatic nitrogens is 2. The zero-order valence-corrected chi connectivity index (χ0v) is 17.9. The average molecular weight is 431 g/mol. The van der Waals surface area contributed by atoms with Gasteiger partial charge in [-0.1, -0.05) is 6.07 Å². The van der Waals surface area contributed by atoms with Gasteiger partial charge in [0, 0.05) is 36.2 Å². The SMILES string of the molecule is Cc1cc(Nc2ccc(NC(=O)c3cccc4c3OCCO4)cc2)nc(N2CCCC2)n1. The number of carbonyl (C=O) groups excluding carboxylic acids is 1. The van der Waals surface area contributed by atoms with Gasteiger partial charge in [-0.15, -0.1) is 0 Å². The molecule has 8 nitrogen and oxygen atoms in total. The number of nitrogens with zero attached hydrogens (tertiary/aromatic N) is 3. The van der Waals surface area contributed by atoms with E-state index in [4.69, 9.17) is 9.47 Å². The Hall–Kier alpha value is -3.81. The smallest absolute Gasteiger partial charge is 0.259 e. The van der Waals surface area contributed by atoms with Crippen molar-refractivity contribution in [1.82, 2.24) is 9.97 Å². The van der Waals surface area contributed by atoms with E-state index in [-0.39, 0.29) is 5.91 Å². The van der Waals surface area contributed by atoms with Crippen LogP contribution in [0.3, 0.4) is 0 Å². The molecule has 1 aromatic heterocycles. The Kier molecular flexibility index (Phi) is 5.49. The van der Waals surface area contributed by atoms with E-state index in [1.807, 2.05) is 37.3 Å². The molecule has 0 radical (unpaired) electrons. The number of hydrogen-bond donors (Lipinski definition) is 2. The molecule has 2 aromatic carbocycles. The van der Waals surface area contributed by atoms with Crippen LogP contribution in [0.4, 0.5) is 23.1 Å². The van der Waals surface area contributed by atoms with Crippen molar-refractivity contribution < 1.29 is 14.3 Å². The normalized spacial score (nSPS) is 14.8. The maximum absolute atomic E-state index is 12.8. The number of para-hydroxylation sites is 1. The summed E-state index contributed by atoms with van der Waals surface area (Å²) in [5.74, 6) is 2.37. The second-order valence-corrected chi connectivity index (χ2v) is 7.87. The zero-order chi connectivity index (χ0) is 21.9. The molecular weight excluding hydrogens is 406 g/mol. The van der Waals surface area contributed by atoms with E-state index in [0.717, 1.165) is 36.2 Å². The number of rotatable bonds is 5. The van der Waals surface area contributed by atoms with E-state index in [2.05, 4.69) is 25.5 Å². The van der Waals surface area contributed by atoms with E-state index < -0.39 is 0 Å². The first-order chi connectivity index (χ1) is 15.7. The lowest BCUT2D eigenvalue weighted by atomic mass is 10.1. The van der Waals surface area contributed by atoms with Crippen LogP contribution in [0.25, 0.3) is 0 Å². The number of nitrogens with one attached hydrogen (secondary N) is 2. The minimum atomic E-state index is -0.241. The fraction of sp³-hybridized carbons (Fsp3) is 0.292. The van der Waals surface area contributed by atoms with Gasteiger partial charge >= 0.3 is 0 Å². The second-order valence-electron chi connectivity index (χ2n) is 7.87. The van der Waals surface area contributed by atoms with Crippen molar-refractivity contribution in [1.29, 1.82) is 0 Å². The minimum Gasteiger partial charge on any atom is -0.486 e. The third-order valence-corrected chi connectivity index (χ3v) is 5.46. The molecule has 1 fully saturated rings. The highest BCUT2D eigenvalue weighted by Crippen LogP contribution is 2.34. The van der Waals surface area contributed by atoms with Gasteiger partial charge in [-0.3, -0.25) is 4.79 Å². The van der Waals surface area contributed by atoms with Crippen LogP contribution in [-0.4, -0.2) is 42.2 Å². The predicted octanol–water partition coefficient (Wildman–Crippen LogP) is 4.15. The van der Waals surface area contributed by atoms with Gasteiger partial charge in [-0.25, -0.2) is 4.98 Å². The Labute approximate surface area is 186 Å². The molecule has 3 heterocycles. The van der Waals surface area contributed by atoms with Crippen LogP contribution in [0.15, 0.2) is 48.5 Å². The summed E-state index contributed by atoms with van der Waals surface area (Å²) < 4.78 is 11.2. The standard InChI is InChI=1S/C24H25N5O3/c1-16-15-21(28-24(25-16)29-11-2-3-12-29)26-17-7-9-18(10-8-17)27-23(30)19-5-4-6-20-22(19)32-14-13-31-20/h4-10,15H,2-3,11-14H2,1H3,(H,27,30)(H,25,26,28). The Morgan fingerprint density at radius 1 is 0.969 bits per heavy atom. The fourth-order valence-corrected chi connectivity index (χ4v) is 3.91. The molecule has 0 saturated carbocycles. The average Bonchev–Trinajstić information content (AvgIpc) is 3.35. The summed E-state index contributed by atoms with van der Waals surface area (Å²) in [6.07, 6.45) is 2.36. The van der Waals surface area contributed by atoms with Gasteiger partial charge in [0.05, 0.1) is 5.56 Å². The molecule has 2 N–H and O–H groups in total. The maximum atomic E-state index is 12.8. The summed E-state index contributed by atoms with van der Waals surface area (Å²) in [5, 5.41) is 6.25. The van der Waals surface area contributed by atoms with E-state index in [9.17, 15) is 4.79 Å². The third-order valence-electron chi connectivity index (χ3n) is 5.46. The van der Waals surface area contributed by atoms with E-state index in [1.54, 1.807) is 18.2 Å². The first-order valence-corrected chi connectivity index (χ1v) is 10.8. The lowest BCUT2D eigenvalue weighted by Crippen LogP contribution is -2.21. The first kappa shape index (κ1) is 20.1. The van der Waals surface area contributed by atoms with Crippen molar-refractivity contribution in [3.05, 3.63) is 59.8 Å². The number of ether oxygens (including phenoxy) is 2. The number of anilines is 4. The van der Waals surface area contributed by atoms with Gasteiger partial charge in [0.1, 0.15) is 19.0 Å². The lowest BCUT2D eigenvalue weighted by molar-refractivity contribution is 0.101. The van der Waals surface area contributed by atoms with Crippen LogP contribution < -0.4 is 25.0 Å². The molecule has 5 rings (SSSR count). The molecule has 32 heavy (non-hydrogen) atoms. The van der Waals surface area contributed by atoms with Crippen LogP contribution in [0.2, 0.25) is 0 Å². The second kappa shape index (κ2) is 8.74. The van der Waals surface area contributed by atoms with Crippen molar-refractivity contribution in [2.24, 2.45) is 0 Å². The number of carbonyl (C=O) groups is 1. The molecule has 2 aliphatic rings. The van der Waals surface area contributed by atoms with E-state index in [1.165, 1.54) is 12.8 Å². The predicted molar refractivity (Wildman–Crippen MR) is 123 cm³/mol. The van der Waals surface area contributed by atoms with Gasteiger partial charge < -0.3 is 25.0 Å². The van der Waals surface area contributed by atoms with E-state index in [0.29, 0.717) is 36.0 Å².